The van der Waals surface area contributed by atoms with E-state index < -0.39 is 0 Å². The summed E-state index contributed by atoms with van der Waals surface area (Å²) in [6.45, 7) is 8.05. The van der Waals surface area contributed by atoms with Gasteiger partial charge in [-0.2, -0.15) is 0 Å². The van der Waals surface area contributed by atoms with Crippen molar-refractivity contribution in [2.45, 2.75) is 40.0 Å². The number of ether oxygens (including phenoxy) is 2. The molecule has 0 aromatic heterocycles. The normalized spacial score (nSPS) is 11.4. The Labute approximate surface area is 125 Å². The first-order valence-corrected chi connectivity index (χ1v) is 8.23. The molecule has 1 aromatic rings. The molecule has 0 aliphatic heterocycles. The Kier molecular flexibility index (Phi) is 7.29. The summed E-state index contributed by atoms with van der Waals surface area (Å²) in [5.74, 6) is 1.82. The third kappa shape index (κ3) is 5.06. The lowest BCUT2D eigenvalue weighted by Gasteiger charge is -2.29. The van der Waals surface area contributed by atoms with Crippen LogP contribution in [-0.2, 0) is 0 Å². The quantitative estimate of drug-likeness (QED) is 0.590. The highest BCUT2D eigenvalue weighted by atomic mass is 79.9. The molecule has 0 N–H and O–H groups in total. The highest BCUT2D eigenvalue weighted by Crippen LogP contribution is 2.30. The van der Waals surface area contributed by atoms with E-state index in [0.29, 0.717) is 0 Å². The number of hydrogen-bond donors (Lipinski definition) is 0. The standard InChI is InChI=1S/C16H25BrO2/c1-4-11-18-14-7-9-15(10-8-14)19-13-16(5-2,6-3)12-17/h7-10H,4-6,11-13H2,1-3H3. The van der Waals surface area contributed by atoms with E-state index in [9.17, 15) is 0 Å². The van der Waals surface area contributed by atoms with Crippen molar-refractivity contribution in [1.82, 2.24) is 0 Å². The molecule has 0 fully saturated rings. The summed E-state index contributed by atoms with van der Waals surface area (Å²) in [6.07, 6.45) is 3.26. The van der Waals surface area contributed by atoms with Crippen LogP contribution >= 0.6 is 15.9 Å². The lowest BCUT2D eigenvalue weighted by molar-refractivity contribution is 0.157. The van der Waals surface area contributed by atoms with Gasteiger partial charge >= 0.3 is 0 Å². The van der Waals surface area contributed by atoms with Gasteiger partial charge in [-0.3, -0.25) is 0 Å². The molecule has 1 aromatic carbocycles. The number of rotatable bonds is 9. The molecule has 0 atom stereocenters. The number of benzene rings is 1. The van der Waals surface area contributed by atoms with Crippen LogP contribution in [0.3, 0.4) is 0 Å². The zero-order valence-corrected chi connectivity index (χ0v) is 13.8. The first kappa shape index (κ1) is 16.4. The molecule has 0 spiro atoms. The zero-order valence-electron chi connectivity index (χ0n) is 12.2. The molecule has 0 saturated heterocycles. The summed E-state index contributed by atoms with van der Waals surface area (Å²) < 4.78 is 11.5. The molecular formula is C16H25BrO2. The van der Waals surface area contributed by atoms with E-state index >= 15 is 0 Å². The highest BCUT2D eigenvalue weighted by Gasteiger charge is 2.25. The van der Waals surface area contributed by atoms with Crippen LogP contribution < -0.4 is 9.47 Å². The lowest BCUT2D eigenvalue weighted by Crippen LogP contribution is -2.28. The van der Waals surface area contributed by atoms with Crippen molar-refractivity contribution in [3.63, 3.8) is 0 Å². The first-order chi connectivity index (χ1) is 9.19. The first-order valence-electron chi connectivity index (χ1n) is 7.11. The van der Waals surface area contributed by atoms with Crippen molar-refractivity contribution >= 4 is 15.9 Å². The van der Waals surface area contributed by atoms with Crippen LogP contribution in [0.1, 0.15) is 40.0 Å². The predicted molar refractivity (Wildman–Crippen MR) is 84.5 cm³/mol. The SMILES string of the molecule is CCCOc1ccc(OCC(CC)(CC)CBr)cc1. The minimum Gasteiger partial charge on any atom is -0.494 e. The fourth-order valence-electron chi connectivity index (χ4n) is 1.77. The average Bonchev–Trinajstić information content (AvgIpc) is 2.48. The summed E-state index contributed by atoms with van der Waals surface area (Å²) in [5.41, 5.74) is 0.234. The van der Waals surface area contributed by atoms with E-state index in [-0.39, 0.29) is 5.41 Å². The largest absolute Gasteiger partial charge is 0.494 e. The van der Waals surface area contributed by atoms with E-state index in [4.69, 9.17) is 9.47 Å². The van der Waals surface area contributed by atoms with Crippen LogP contribution in [0.5, 0.6) is 11.5 Å². The van der Waals surface area contributed by atoms with Gasteiger partial charge in [0.05, 0.1) is 13.2 Å². The molecule has 0 aliphatic rings. The van der Waals surface area contributed by atoms with Crippen molar-refractivity contribution in [2.24, 2.45) is 5.41 Å². The predicted octanol–water partition coefficient (Wildman–Crippen LogP) is 5.06. The molecule has 0 unspecified atom stereocenters. The van der Waals surface area contributed by atoms with Gasteiger partial charge in [-0.05, 0) is 43.5 Å². The van der Waals surface area contributed by atoms with E-state index in [1.54, 1.807) is 0 Å². The second-order valence-electron chi connectivity index (χ2n) is 4.95. The summed E-state index contributed by atoms with van der Waals surface area (Å²) in [5, 5.41) is 0.977. The summed E-state index contributed by atoms with van der Waals surface area (Å²) >= 11 is 3.61. The third-order valence-corrected chi connectivity index (χ3v) is 4.81. The highest BCUT2D eigenvalue weighted by molar-refractivity contribution is 9.09. The van der Waals surface area contributed by atoms with Crippen LogP contribution in [0.15, 0.2) is 24.3 Å². The Balaban J connectivity index is 2.53. The van der Waals surface area contributed by atoms with Crippen LogP contribution in [-0.4, -0.2) is 18.5 Å². The van der Waals surface area contributed by atoms with Crippen molar-refractivity contribution in [2.75, 3.05) is 18.5 Å². The second kappa shape index (κ2) is 8.47. The molecular weight excluding hydrogens is 304 g/mol. The van der Waals surface area contributed by atoms with Crippen LogP contribution in [0.4, 0.5) is 0 Å². The van der Waals surface area contributed by atoms with Crippen LogP contribution in [0.25, 0.3) is 0 Å². The van der Waals surface area contributed by atoms with Crippen LogP contribution in [0.2, 0.25) is 0 Å². The van der Waals surface area contributed by atoms with Crippen molar-refractivity contribution in [3.05, 3.63) is 24.3 Å². The molecule has 3 heteroatoms. The van der Waals surface area contributed by atoms with Gasteiger partial charge in [-0.25, -0.2) is 0 Å². The average molecular weight is 329 g/mol. The lowest BCUT2D eigenvalue weighted by atomic mass is 9.86. The Morgan fingerprint density at radius 3 is 1.89 bits per heavy atom. The summed E-state index contributed by atoms with van der Waals surface area (Å²) in [7, 11) is 0. The summed E-state index contributed by atoms with van der Waals surface area (Å²) in [6, 6.07) is 7.90. The smallest absolute Gasteiger partial charge is 0.119 e. The third-order valence-electron chi connectivity index (χ3n) is 3.63. The van der Waals surface area contributed by atoms with Gasteiger partial charge < -0.3 is 9.47 Å². The molecule has 0 bridgehead atoms. The Hall–Kier alpha value is -0.700. The van der Waals surface area contributed by atoms with Gasteiger partial charge in [0.1, 0.15) is 11.5 Å². The number of hydrogen-bond acceptors (Lipinski definition) is 2. The Morgan fingerprint density at radius 1 is 0.947 bits per heavy atom. The van der Waals surface area contributed by atoms with E-state index in [0.717, 1.165) is 49.3 Å². The fourth-order valence-corrected chi connectivity index (χ4v) is 2.72. The monoisotopic (exact) mass is 328 g/mol. The molecule has 1 rings (SSSR count). The number of alkyl halides is 1. The minimum absolute atomic E-state index is 0.234. The maximum Gasteiger partial charge on any atom is 0.119 e. The van der Waals surface area contributed by atoms with E-state index in [2.05, 4.69) is 36.7 Å². The topological polar surface area (TPSA) is 18.5 Å². The zero-order chi connectivity index (χ0) is 14.1. The van der Waals surface area contributed by atoms with Crippen molar-refractivity contribution in [3.8, 4) is 11.5 Å². The van der Waals surface area contributed by atoms with Gasteiger partial charge in [-0.15, -0.1) is 0 Å². The summed E-state index contributed by atoms with van der Waals surface area (Å²) in [4.78, 5) is 0. The van der Waals surface area contributed by atoms with Crippen molar-refractivity contribution in [1.29, 1.82) is 0 Å². The van der Waals surface area contributed by atoms with Gasteiger partial charge in [0.25, 0.3) is 0 Å². The van der Waals surface area contributed by atoms with Gasteiger partial charge in [0.2, 0.25) is 0 Å². The van der Waals surface area contributed by atoms with Gasteiger partial charge in [-0.1, -0.05) is 36.7 Å². The molecule has 0 amide bonds. The maximum atomic E-state index is 5.92. The van der Waals surface area contributed by atoms with Gasteiger partial charge in [0, 0.05) is 10.7 Å². The molecule has 108 valence electrons. The molecule has 0 heterocycles. The minimum atomic E-state index is 0.234. The van der Waals surface area contributed by atoms with E-state index in [1.807, 2.05) is 24.3 Å². The van der Waals surface area contributed by atoms with E-state index in [1.165, 1.54) is 0 Å². The van der Waals surface area contributed by atoms with Gasteiger partial charge in [0.15, 0.2) is 0 Å². The Morgan fingerprint density at radius 2 is 1.47 bits per heavy atom. The molecule has 0 radical (unpaired) electrons. The molecule has 0 aliphatic carbocycles. The molecule has 19 heavy (non-hydrogen) atoms. The van der Waals surface area contributed by atoms with Crippen LogP contribution in [0, 0.1) is 5.41 Å². The second-order valence-corrected chi connectivity index (χ2v) is 5.51. The number of halogens is 1. The maximum absolute atomic E-state index is 5.92. The molecule has 2 nitrogen and oxygen atoms in total. The van der Waals surface area contributed by atoms with Crippen molar-refractivity contribution < 1.29 is 9.47 Å². The Bertz CT molecular complexity index is 336. The fraction of sp³-hybridized carbons (Fsp3) is 0.625. The molecule has 0 saturated carbocycles.